The van der Waals surface area contributed by atoms with E-state index in [2.05, 4.69) is 0 Å². The van der Waals surface area contributed by atoms with Gasteiger partial charge in [0.25, 0.3) is 5.91 Å². The number of carbonyl (C=O) groups excluding carboxylic acids is 1. The van der Waals surface area contributed by atoms with Crippen LogP contribution in [0, 0.1) is 0 Å². The van der Waals surface area contributed by atoms with Gasteiger partial charge in [0.2, 0.25) is 0 Å². The minimum Gasteiger partial charge on any atom is -0.453 e. The molecule has 0 fully saturated rings. The Morgan fingerprint density at radius 3 is 2.88 bits per heavy atom. The Morgan fingerprint density at radius 2 is 2.31 bits per heavy atom. The fourth-order valence-corrected chi connectivity index (χ4v) is 1.21. The highest BCUT2D eigenvalue weighted by Crippen LogP contribution is 2.12. The van der Waals surface area contributed by atoms with Gasteiger partial charge in [-0.1, -0.05) is 0 Å². The SMILES string of the molecule is COCc1ccc(C(=O)N(C)C(C)CO)o1. The van der Waals surface area contributed by atoms with E-state index in [1.165, 1.54) is 4.90 Å². The Labute approximate surface area is 94.6 Å². The molecular formula is C11H17NO4. The second-order valence-corrected chi connectivity index (χ2v) is 3.65. The van der Waals surface area contributed by atoms with Gasteiger partial charge in [0, 0.05) is 14.2 Å². The molecule has 1 atom stereocenters. The minimum atomic E-state index is -0.246. The van der Waals surface area contributed by atoms with Crippen LogP contribution >= 0.6 is 0 Å². The first kappa shape index (κ1) is 12.7. The summed E-state index contributed by atoms with van der Waals surface area (Å²) < 4.78 is 10.2. The maximum Gasteiger partial charge on any atom is 0.289 e. The molecule has 5 heteroatoms. The molecule has 0 spiro atoms. The van der Waals surface area contributed by atoms with Crippen LogP contribution in [0.2, 0.25) is 0 Å². The minimum absolute atomic E-state index is 0.0755. The first-order chi connectivity index (χ1) is 7.60. The number of hydrogen-bond donors (Lipinski definition) is 1. The Morgan fingerprint density at radius 1 is 1.62 bits per heavy atom. The van der Waals surface area contributed by atoms with Crippen LogP contribution in [0.5, 0.6) is 0 Å². The summed E-state index contributed by atoms with van der Waals surface area (Å²) in [5.41, 5.74) is 0. The summed E-state index contributed by atoms with van der Waals surface area (Å²) in [5, 5.41) is 8.95. The third-order valence-electron chi connectivity index (χ3n) is 2.40. The van der Waals surface area contributed by atoms with Gasteiger partial charge in [0.15, 0.2) is 5.76 Å². The fraction of sp³-hybridized carbons (Fsp3) is 0.545. The third-order valence-corrected chi connectivity index (χ3v) is 2.40. The van der Waals surface area contributed by atoms with Crippen LogP contribution in [0.4, 0.5) is 0 Å². The van der Waals surface area contributed by atoms with Gasteiger partial charge in [-0.3, -0.25) is 4.79 Å². The van der Waals surface area contributed by atoms with Crippen LogP contribution in [-0.2, 0) is 11.3 Å². The summed E-state index contributed by atoms with van der Waals surface area (Å²) in [5.74, 6) is 0.620. The molecule has 5 nitrogen and oxygen atoms in total. The predicted molar refractivity (Wildman–Crippen MR) is 58.1 cm³/mol. The van der Waals surface area contributed by atoms with E-state index in [0.717, 1.165) is 0 Å². The topological polar surface area (TPSA) is 62.9 Å². The van der Waals surface area contributed by atoms with E-state index in [1.54, 1.807) is 33.2 Å². The predicted octanol–water partition coefficient (Wildman–Crippen LogP) is 0.879. The van der Waals surface area contributed by atoms with Crippen LogP contribution < -0.4 is 0 Å². The van der Waals surface area contributed by atoms with Crippen molar-refractivity contribution in [3.63, 3.8) is 0 Å². The molecule has 1 N–H and O–H groups in total. The lowest BCUT2D eigenvalue weighted by Gasteiger charge is -2.21. The van der Waals surface area contributed by atoms with Gasteiger partial charge in [0.05, 0.1) is 12.6 Å². The van der Waals surface area contributed by atoms with Crippen LogP contribution in [0.15, 0.2) is 16.5 Å². The van der Waals surface area contributed by atoms with Gasteiger partial charge >= 0.3 is 0 Å². The monoisotopic (exact) mass is 227 g/mol. The van der Waals surface area contributed by atoms with Gasteiger partial charge < -0.3 is 19.2 Å². The standard InChI is InChI=1S/C11H17NO4/c1-8(6-13)12(2)11(14)10-5-4-9(16-10)7-15-3/h4-5,8,13H,6-7H2,1-3H3. The van der Waals surface area contributed by atoms with Gasteiger partial charge in [-0.05, 0) is 19.1 Å². The first-order valence-electron chi connectivity index (χ1n) is 5.05. The Hall–Kier alpha value is -1.33. The van der Waals surface area contributed by atoms with E-state index in [1.807, 2.05) is 0 Å². The maximum atomic E-state index is 11.8. The molecule has 1 amide bonds. The molecule has 0 aliphatic heterocycles. The number of nitrogens with zero attached hydrogens (tertiary/aromatic N) is 1. The Balaban J connectivity index is 2.72. The molecule has 16 heavy (non-hydrogen) atoms. The number of rotatable bonds is 5. The zero-order valence-corrected chi connectivity index (χ0v) is 9.77. The van der Waals surface area contributed by atoms with Crippen molar-refractivity contribution < 1.29 is 19.1 Å². The molecule has 1 aromatic heterocycles. The number of hydrogen-bond acceptors (Lipinski definition) is 4. The van der Waals surface area contributed by atoms with Gasteiger partial charge in [-0.2, -0.15) is 0 Å². The van der Waals surface area contributed by atoms with Gasteiger partial charge in [0.1, 0.15) is 12.4 Å². The van der Waals surface area contributed by atoms with Crippen molar-refractivity contribution in [2.24, 2.45) is 0 Å². The van der Waals surface area contributed by atoms with Crippen molar-refractivity contribution in [3.05, 3.63) is 23.7 Å². The Bertz CT molecular complexity index is 348. The second kappa shape index (κ2) is 5.67. The summed E-state index contributed by atoms with van der Waals surface area (Å²) in [4.78, 5) is 13.3. The lowest BCUT2D eigenvalue weighted by molar-refractivity contribution is 0.0644. The summed E-state index contributed by atoms with van der Waals surface area (Å²) in [6, 6.07) is 3.08. The number of aliphatic hydroxyl groups is 1. The van der Waals surface area contributed by atoms with Crippen LogP contribution in [0.25, 0.3) is 0 Å². The summed E-state index contributed by atoms with van der Waals surface area (Å²) in [7, 11) is 3.19. The third kappa shape index (κ3) is 2.84. The number of aliphatic hydroxyl groups excluding tert-OH is 1. The molecule has 0 aliphatic rings. The van der Waals surface area contributed by atoms with Crippen LogP contribution in [0.1, 0.15) is 23.2 Å². The van der Waals surface area contributed by atoms with E-state index in [4.69, 9.17) is 14.3 Å². The number of carbonyl (C=O) groups is 1. The number of furan rings is 1. The van der Waals surface area contributed by atoms with Crippen molar-refractivity contribution in [1.29, 1.82) is 0 Å². The zero-order chi connectivity index (χ0) is 12.1. The van der Waals surface area contributed by atoms with Crippen molar-refractivity contribution in [1.82, 2.24) is 4.90 Å². The molecule has 0 aliphatic carbocycles. The maximum absolute atomic E-state index is 11.8. The molecular weight excluding hydrogens is 210 g/mol. The normalized spacial score (nSPS) is 12.5. The van der Waals surface area contributed by atoms with Crippen molar-refractivity contribution >= 4 is 5.91 Å². The highest BCUT2D eigenvalue weighted by Gasteiger charge is 2.19. The molecule has 0 radical (unpaired) electrons. The van der Waals surface area contributed by atoms with E-state index < -0.39 is 0 Å². The lowest BCUT2D eigenvalue weighted by atomic mass is 10.3. The van der Waals surface area contributed by atoms with E-state index >= 15 is 0 Å². The Kier molecular flexibility index (Phi) is 4.52. The molecule has 0 bridgehead atoms. The van der Waals surface area contributed by atoms with Crippen molar-refractivity contribution in [2.45, 2.75) is 19.6 Å². The fourth-order valence-electron chi connectivity index (χ4n) is 1.21. The molecule has 0 saturated carbocycles. The van der Waals surface area contributed by atoms with Gasteiger partial charge in [-0.25, -0.2) is 0 Å². The van der Waals surface area contributed by atoms with Crippen LogP contribution in [-0.4, -0.2) is 42.7 Å². The number of amides is 1. The summed E-state index contributed by atoms with van der Waals surface area (Å²) >= 11 is 0. The highest BCUT2D eigenvalue weighted by molar-refractivity contribution is 5.91. The van der Waals surface area contributed by atoms with E-state index in [9.17, 15) is 4.79 Å². The number of methoxy groups -OCH3 is 1. The highest BCUT2D eigenvalue weighted by atomic mass is 16.5. The molecule has 1 heterocycles. The van der Waals surface area contributed by atoms with Crippen LogP contribution in [0.3, 0.4) is 0 Å². The number of ether oxygens (including phenoxy) is 1. The first-order valence-corrected chi connectivity index (χ1v) is 5.05. The molecule has 0 aromatic carbocycles. The molecule has 1 unspecified atom stereocenters. The molecule has 1 rings (SSSR count). The van der Waals surface area contributed by atoms with Crippen molar-refractivity contribution in [2.75, 3.05) is 20.8 Å². The summed E-state index contributed by atoms with van der Waals surface area (Å²) in [6.07, 6.45) is 0. The average Bonchev–Trinajstić information content (AvgIpc) is 2.75. The summed E-state index contributed by atoms with van der Waals surface area (Å²) in [6.45, 7) is 2.03. The lowest BCUT2D eigenvalue weighted by Crippen LogP contribution is -2.37. The average molecular weight is 227 g/mol. The molecule has 90 valence electrons. The molecule has 0 saturated heterocycles. The van der Waals surface area contributed by atoms with Crippen molar-refractivity contribution in [3.8, 4) is 0 Å². The number of likely N-dealkylation sites (N-methyl/N-ethyl adjacent to an activating group) is 1. The second-order valence-electron chi connectivity index (χ2n) is 3.65. The largest absolute Gasteiger partial charge is 0.453 e. The molecule has 1 aromatic rings. The van der Waals surface area contributed by atoms with E-state index in [0.29, 0.717) is 12.4 Å². The zero-order valence-electron chi connectivity index (χ0n) is 9.77. The smallest absolute Gasteiger partial charge is 0.289 e. The quantitative estimate of drug-likeness (QED) is 0.811. The van der Waals surface area contributed by atoms with Gasteiger partial charge in [-0.15, -0.1) is 0 Å². The van der Waals surface area contributed by atoms with E-state index in [-0.39, 0.29) is 24.3 Å².